The van der Waals surface area contributed by atoms with Gasteiger partial charge in [-0.15, -0.1) is 0 Å². The molecule has 1 aromatic rings. The molecule has 0 fully saturated rings. The number of para-hydroxylation sites is 1. The lowest BCUT2D eigenvalue weighted by Crippen LogP contribution is -2.22. The Balaban J connectivity index is 2.91. The van der Waals surface area contributed by atoms with Crippen LogP contribution in [0.4, 0.5) is 5.69 Å². The smallest absolute Gasteiger partial charge is 0.107 e. The first-order valence-corrected chi connectivity index (χ1v) is 4.80. The Labute approximate surface area is 93.0 Å². The van der Waals surface area contributed by atoms with Crippen molar-refractivity contribution in [2.24, 2.45) is 5.11 Å². The summed E-state index contributed by atoms with van der Waals surface area (Å²) in [6.45, 7) is 1.62. The first-order valence-electron chi connectivity index (χ1n) is 4.80. The summed E-state index contributed by atoms with van der Waals surface area (Å²) < 4.78 is 0. The number of nitrogen functional groups attached to an aromatic ring is 1. The normalized spacial score (nSPS) is 13.9. The monoisotopic (exact) mass is 222 g/mol. The van der Waals surface area contributed by atoms with Crippen molar-refractivity contribution >= 4 is 5.69 Å². The van der Waals surface area contributed by atoms with Crippen molar-refractivity contribution in [2.45, 2.75) is 19.1 Å². The van der Waals surface area contributed by atoms with E-state index in [2.05, 4.69) is 10.0 Å². The van der Waals surface area contributed by atoms with E-state index < -0.39 is 12.2 Å². The Hall–Kier alpha value is -1.75. The van der Waals surface area contributed by atoms with Gasteiger partial charge >= 0.3 is 0 Å². The fourth-order valence-electron chi connectivity index (χ4n) is 1.39. The molecule has 6 heteroatoms. The van der Waals surface area contributed by atoms with Gasteiger partial charge in [0.15, 0.2) is 0 Å². The maximum atomic E-state index is 9.81. The number of nitrogens with zero attached hydrogens (tertiary/aromatic N) is 3. The van der Waals surface area contributed by atoms with Crippen LogP contribution in [0.25, 0.3) is 10.4 Å². The second-order valence-electron chi connectivity index (χ2n) is 3.50. The molecule has 1 aromatic carbocycles. The van der Waals surface area contributed by atoms with Crippen LogP contribution in [-0.4, -0.2) is 22.9 Å². The van der Waals surface area contributed by atoms with Gasteiger partial charge in [-0.3, -0.25) is 0 Å². The van der Waals surface area contributed by atoms with Crippen molar-refractivity contribution in [1.29, 1.82) is 0 Å². The molecule has 2 atom stereocenters. The molecule has 16 heavy (non-hydrogen) atoms. The van der Waals surface area contributed by atoms with Crippen molar-refractivity contribution < 1.29 is 10.2 Å². The molecule has 0 heterocycles. The highest BCUT2D eigenvalue weighted by Gasteiger charge is 2.20. The molecule has 6 nitrogen and oxygen atoms in total. The van der Waals surface area contributed by atoms with E-state index in [1.165, 1.54) is 0 Å². The molecule has 0 radical (unpaired) electrons. The molecule has 0 bridgehead atoms. The Morgan fingerprint density at radius 3 is 2.81 bits per heavy atom. The number of benzene rings is 1. The summed E-state index contributed by atoms with van der Waals surface area (Å²) in [5.74, 6) is 0. The molecule has 0 spiro atoms. The lowest BCUT2D eigenvalue weighted by molar-refractivity contribution is 0.0248. The second kappa shape index (κ2) is 5.37. The summed E-state index contributed by atoms with van der Waals surface area (Å²) in [6, 6.07) is 5.18. The highest BCUT2D eigenvalue weighted by Crippen LogP contribution is 2.25. The predicted octanol–water partition coefficient (Wildman–Crippen LogP) is 1.28. The van der Waals surface area contributed by atoms with Crippen LogP contribution in [0.2, 0.25) is 0 Å². The van der Waals surface area contributed by atoms with Crippen LogP contribution in [0.3, 0.4) is 0 Å². The zero-order valence-electron chi connectivity index (χ0n) is 8.91. The van der Waals surface area contributed by atoms with Gasteiger partial charge in [0.05, 0.1) is 12.6 Å². The predicted molar refractivity (Wildman–Crippen MR) is 60.6 cm³/mol. The first kappa shape index (κ1) is 12.3. The first-order chi connectivity index (χ1) is 7.57. The number of hydrogen-bond donors (Lipinski definition) is 3. The van der Waals surface area contributed by atoms with Crippen molar-refractivity contribution in [1.82, 2.24) is 0 Å². The summed E-state index contributed by atoms with van der Waals surface area (Å²) in [4.78, 5) is 2.51. The molecule has 0 aliphatic rings. The molecular formula is C10H14N4O2. The molecule has 0 aliphatic carbocycles. The second-order valence-corrected chi connectivity index (χ2v) is 3.50. The van der Waals surface area contributed by atoms with Gasteiger partial charge in [0.25, 0.3) is 0 Å². The van der Waals surface area contributed by atoms with Gasteiger partial charge in [-0.25, -0.2) is 0 Å². The molecule has 4 N–H and O–H groups in total. The van der Waals surface area contributed by atoms with Gasteiger partial charge in [-0.1, -0.05) is 23.3 Å². The van der Waals surface area contributed by atoms with Crippen LogP contribution < -0.4 is 5.73 Å². The van der Waals surface area contributed by atoms with E-state index in [0.29, 0.717) is 11.3 Å². The van der Waals surface area contributed by atoms with Gasteiger partial charge in [0.2, 0.25) is 0 Å². The van der Waals surface area contributed by atoms with Crippen LogP contribution in [0, 0.1) is 6.92 Å². The van der Waals surface area contributed by atoms with Crippen LogP contribution in [-0.2, 0) is 0 Å². The van der Waals surface area contributed by atoms with E-state index in [1.54, 1.807) is 12.1 Å². The molecule has 0 saturated heterocycles. The lowest BCUT2D eigenvalue weighted by atomic mass is 10.00. The number of rotatable bonds is 4. The number of aryl methyl sites for hydroxylation is 1. The quantitative estimate of drug-likeness (QED) is 0.308. The molecule has 2 unspecified atom stereocenters. The standard InChI is InChI=1S/C10H14N4O2/c1-6-3-2-4-7(9(6)11)10(16)8(15)5-13-14-12/h2-4,8,10,15-16H,5,11H2,1H3. The number of nitrogens with two attached hydrogens (primary N) is 1. The van der Waals surface area contributed by atoms with E-state index in [-0.39, 0.29) is 6.54 Å². The van der Waals surface area contributed by atoms with E-state index in [9.17, 15) is 10.2 Å². The largest absolute Gasteiger partial charge is 0.398 e. The third-order valence-corrected chi connectivity index (χ3v) is 2.37. The fraction of sp³-hybridized carbons (Fsp3) is 0.400. The molecule has 0 amide bonds. The van der Waals surface area contributed by atoms with Crippen LogP contribution >= 0.6 is 0 Å². The molecule has 0 aromatic heterocycles. The zero-order chi connectivity index (χ0) is 12.1. The number of aliphatic hydroxyl groups excluding tert-OH is 2. The summed E-state index contributed by atoms with van der Waals surface area (Å²) in [6.07, 6.45) is -2.30. The number of aliphatic hydroxyl groups is 2. The molecule has 86 valence electrons. The van der Waals surface area contributed by atoms with E-state index in [1.807, 2.05) is 13.0 Å². The Kier molecular flexibility index (Phi) is 4.13. The van der Waals surface area contributed by atoms with Crippen molar-refractivity contribution in [2.75, 3.05) is 12.3 Å². The van der Waals surface area contributed by atoms with E-state index >= 15 is 0 Å². The third-order valence-electron chi connectivity index (χ3n) is 2.37. The van der Waals surface area contributed by atoms with Gasteiger partial charge < -0.3 is 15.9 Å². The average molecular weight is 222 g/mol. The maximum absolute atomic E-state index is 9.81. The van der Waals surface area contributed by atoms with E-state index in [0.717, 1.165) is 5.56 Å². The summed E-state index contributed by atoms with van der Waals surface area (Å²) in [5.41, 5.74) is 15.6. The molecular weight excluding hydrogens is 208 g/mol. The SMILES string of the molecule is Cc1cccc(C(O)C(O)CN=[N+]=[N-])c1N. The van der Waals surface area contributed by atoms with E-state index in [4.69, 9.17) is 11.3 Å². The minimum absolute atomic E-state index is 0.189. The third kappa shape index (κ3) is 2.64. The summed E-state index contributed by atoms with van der Waals surface area (Å²) >= 11 is 0. The summed E-state index contributed by atoms with van der Waals surface area (Å²) in [7, 11) is 0. The number of azide groups is 1. The van der Waals surface area contributed by atoms with Crippen molar-refractivity contribution in [3.05, 3.63) is 39.8 Å². The molecule has 1 rings (SSSR count). The van der Waals surface area contributed by atoms with Gasteiger partial charge in [0, 0.05) is 16.2 Å². The van der Waals surface area contributed by atoms with Gasteiger partial charge in [-0.05, 0) is 18.0 Å². The average Bonchev–Trinajstić information content (AvgIpc) is 2.28. The highest BCUT2D eigenvalue weighted by atomic mass is 16.3. The van der Waals surface area contributed by atoms with Gasteiger partial charge in [0.1, 0.15) is 6.10 Å². The van der Waals surface area contributed by atoms with Crippen molar-refractivity contribution in [3.8, 4) is 0 Å². The minimum atomic E-state index is -1.15. The Bertz CT molecular complexity index is 415. The van der Waals surface area contributed by atoms with Crippen LogP contribution in [0.15, 0.2) is 23.3 Å². The minimum Gasteiger partial charge on any atom is -0.398 e. The zero-order valence-corrected chi connectivity index (χ0v) is 8.91. The lowest BCUT2D eigenvalue weighted by Gasteiger charge is -2.18. The maximum Gasteiger partial charge on any atom is 0.107 e. The Morgan fingerprint density at radius 2 is 2.19 bits per heavy atom. The van der Waals surface area contributed by atoms with Crippen LogP contribution in [0.5, 0.6) is 0 Å². The Morgan fingerprint density at radius 1 is 1.50 bits per heavy atom. The topological polar surface area (TPSA) is 115 Å². The van der Waals surface area contributed by atoms with Gasteiger partial charge in [-0.2, -0.15) is 0 Å². The highest BCUT2D eigenvalue weighted by molar-refractivity contribution is 5.54. The number of hydrogen-bond acceptors (Lipinski definition) is 4. The van der Waals surface area contributed by atoms with Crippen LogP contribution in [0.1, 0.15) is 17.2 Å². The number of anilines is 1. The molecule has 0 aliphatic heterocycles. The summed E-state index contributed by atoms with van der Waals surface area (Å²) in [5, 5.41) is 22.6. The fourth-order valence-corrected chi connectivity index (χ4v) is 1.39. The molecule has 0 saturated carbocycles. The van der Waals surface area contributed by atoms with Crippen molar-refractivity contribution in [3.63, 3.8) is 0 Å².